The molecule has 1 aliphatic rings. The van der Waals surface area contributed by atoms with Gasteiger partial charge in [0.15, 0.2) is 0 Å². The lowest BCUT2D eigenvalue weighted by Gasteiger charge is -2.21. The molecule has 7 nitrogen and oxygen atoms in total. The minimum absolute atomic E-state index is 0.286. The highest BCUT2D eigenvalue weighted by Crippen LogP contribution is 2.31. The summed E-state index contributed by atoms with van der Waals surface area (Å²) in [6.07, 6.45) is 0.939. The summed E-state index contributed by atoms with van der Waals surface area (Å²) < 4.78 is 16.7. The maximum absolute atomic E-state index is 11.1. The molecule has 0 bridgehead atoms. The van der Waals surface area contributed by atoms with Crippen molar-refractivity contribution in [2.75, 3.05) is 46.2 Å². The van der Waals surface area contributed by atoms with E-state index >= 15 is 0 Å². The molecule has 0 aliphatic carbocycles. The molecule has 7 heteroatoms. The summed E-state index contributed by atoms with van der Waals surface area (Å²) in [4.78, 5) is 21.7. The lowest BCUT2D eigenvalue weighted by atomic mass is 10.0. The Morgan fingerprint density at radius 1 is 1.17 bits per heavy atom. The highest BCUT2D eigenvalue weighted by atomic mass is 17.2. The average molecular weight is 325 g/mol. The normalized spacial score (nSPS) is 19.8. The molecule has 0 saturated carbocycles. The van der Waals surface area contributed by atoms with Crippen LogP contribution in [-0.4, -0.2) is 52.5 Å². The Morgan fingerprint density at radius 2 is 1.96 bits per heavy atom. The largest absolute Gasteiger partial charge is 0.491 e. The summed E-state index contributed by atoms with van der Waals surface area (Å²) >= 11 is 0. The number of aldehydes is 1. The van der Waals surface area contributed by atoms with Crippen molar-refractivity contribution in [2.45, 2.75) is 12.5 Å². The smallest absolute Gasteiger partial charge is 0.150 e. The SMILES string of the molecule is NCCOOC1CCOCCOCCOc2ccc(C=O)cc21. The molecule has 0 amide bonds. The van der Waals surface area contributed by atoms with E-state index in [0.717, 1.165) is 11.8 Å². The molecule has 0 fully saturated rings. The van der Waals surface area contributed by atoms with E-state index in [1.165, 1.54) is 0 Å². The van der Waals surface area contributed by atoms with Crippen LogP contribution in [0.5, 0.6) is 5.75 Å². The maximum Gasteiger partial charge on any atom is 0.150 e. The first-order valence-electron chi connectivity index (χ1n) is 7.71. The first-order chi connectivity index (χ1) is 11.3. The van der Waals surface area contributed by atoms with Crippen LogP contribution in [0, 0.1) is 0 Å². The molecule has 1 atom stereocenters. The van der Waals surface area contributed by atoms with Gasteiger partial charge in [0.2, 0.25) is 0 Å². The molecule has 0 radical (unpaired) electrons. The second-order valence-electron chi connectivity index (χ2n) is 4.97. The number of hydrogen-bond acceptors (Lipinski definition) is 7. The third-order valence-corrected chi connectivity index (χ3v) is 3.28. The van der Waals surface area contributed by atoms with E-state index in [1.54, 1.807) is 18.2 Å². The summed E-state index contributed by atoms with van der Waals surface area (Å²) in [5.41, 5.74) is 6.70. The first-order valence-corrected chi connectivity index (χ1v) is 7.71. The van der Waals surface area contributed by atoms with Crippen LogP contribution in [0.1, 0.15) is 28.4 Å². The third-order valence-electron chi connectivity index (χ3n) is 3.28. The zero-order valence-corrected chi connectivity index (χ0v) is 13.1. The molecule has 1 aromatic rings. The van der Waals surface area contributed by atoms with Gasteiger partial charge in [0.25, 0.3) is 0 Å². The van der Waals surface area contributed by atoms with Crippen LogP contribution in [0.15, 0.2) is 18.2 Å². The number of rotatable bonds is 5. The van der Waals surface area contributed by atoms with Gasteiger partial charge >= 0.3 is 0 Å². The number of benzene rings is 1. The van der Waals surface area contributed by atoms with Crippen LogP contribution < -0.4 is 10.5 Å². The Balaban J connectivity index is 2.20. The molecule has 0 saturated heterocycles. The van der Waals surface area contributed by atoms with Gasteiger partial charge in [-0.3, -0.25) is 4.79 Å². The van der Waals surface area contributed by atoms with Crippen LogP contribution >= 0.6 is 0 Å². The van der Waals surface area contributed by atoms with E-state index in [-0.39, 0.29) is 6.61 Å². The van der Waals surface area contributed by atoms with Crippen LogP contribution in [0.2, 0.25) is 0 Å². The zero-order valence-electron chi connectivity index (χ0n) is 13.1. The lowest BCUT2D eigenvalue weighted by molar-refractivity contribution is -0.328. The van der Waals surface area contributed by atoms with E-state index in [1.807, 2.05) is 0 Å². The van der Waals surface area contributed by atoms with Crippen molar-refractivity contribution in [1.29, 1.82) is 0 Å². The molecule has 23 heavy (non-hydrogen) atoms. The van der Waals surface area contributed by atoms with Gasteiger partial charge < -0.3 is 19.9 Å². The maximum atomic E-state index is 11.1. The number of hydrogen-bond donors (Lipinski definition) is 1. The summed E-state index contributed by atoms with van der Waals surface area (Å²) in [5, 5.41) is 0. The minimum Gasteiger partial charge on any atom is -0.491 e. The number of ether oxygens (including phenoxy) is 3. The molecule has 1 heterocycles. The Kier molecular flexibility index (Phi) is 7.99. The van der Waals surface area contributed by atoms with Gasteiger partial charge in [-0.05, 0) is 18.2 Å². The quantitative estimate of drug-likeness (QED) is 0.377. The predicted molar refractivity (Wildman–Crippen MR) is 82.4 cm³/mol. The van der Waals surface area contributed by atoms with E-state index in [4.69, 9.17) is 29.7 Å². The second kappa shape index (κ2) is 10.3. The molecule has 0 spiro atoms. The Morgan fingerprint density at radius 3 is 2.74 bits per heavy atom. The van der Waals surface area contributed by atoms with Crippen molar-refractivity contribution in [1.82, 2.24) is 0 Å². The molecule has 1 aliphatic heterocycles. The van der Waals surface area contributed by atoms with Crippen LogP contribution in [0.3, 0.4) is 0 Å². The summed E-state index contributed by atoms with van der Waals surface area (Å²) in [6, 6.07) is 5.20. The van der Waals surface area contributed by atoms with Crippen LogP contribution in [0.25, 0.3) is 0 Å². The summed E-state index contributed by atoms with van der Waals surface area (Å²) in [7, 11) is 0. The van der Waals surface area contributed by atoms with E-state index in [0.29, 0.717) is 57.3 Å². The van der Waals surface area contributed by atoms with Gasteiger partial charge in [-0.1, -0.05) is 0 Å². The number of nitrogens with two attached hydrogens (primary N) is 1. The van der Waals surface area contributed by atoms with Crippen molar-refractivity contribution in [2.24, 2.45) is 5.73 Å². The van der Waals surface area contributed by atoms with Crippen LogP contribution in [-0.2, 0) is 19.2 Å². The summed E-state index contributed by atoms with van der Waals surface area (Å²) in [6.45, 7) is 3.03. The Labute approximate surface area is 135 Å². The van der Waals surface area contributed by atoms with Gasteiger partial charge in [-0.2, -0.15) is 0 Å². The number of carbonyl (C=O) groups is 1. The van der Waals surface area contributed by atoms with E-state index in [2.05, 4.69) is 0 Å². The first kappa shape index (κ1) is 17.8. The predicted octanol–water partition coefficient (Wildman–Crippen LogP) is 1.26. The molecular formula is C16H23NO6. The number of carbonyl (C=O) groups excluding carboxylic acids is 1. The van der Waals surface area contributed by atoms with Crippen molar-refractivity contribution >= 4 is 6.29 Å². The minimum atomic E-state index is -0.406. The fourth-order valence-electron chi connectivity index (χ4n) is 2.18. The molecular weight excluding hydrogens is 302 g/mol. The molecule has 128 valence electrons. The van der Waals surface area contributed by atoms with Crippen LogP contribution in [0.4, 0.5) is 0 Å². The molecule has 2 N–H and O–H groups in total. The molecule has 0 aromatic heterocycles. The molecule has 2 rings (SSSR count). The highest BCUT2D eigenvalue weighted by Gasteiger charge is 2.20. The zero-order chi connectivity index (χ0) is 16.3. The third kappa shape index (κ3) is 5.89. The fourth-order valence-corrected chi connectivity index (χ4v) is 2.18. The van der Waals surface area contributed by atoms with Gasteiger partial charge in [0.05, 0.1) is 26.4 Å². The average Bonchev–Trinajstić information content (AvgIpc) is 2.57. The lowest BCUT2D eigenvalue weighted by Crippen LogP contribution is -2.18. The van der Waals surface area contributed by atoms with Crippen molar-refractivity contribution in [3.05, 3.63) is 29.3 Å². The highest BCUT2D eigenvalue weighted by molar-refractivity contribution is 5.75. The number of fused-ring (bicyclic) bond motifs is 1. The van der Waals surface area contributed by atoms with Gasteiger partial charge in [0.1, 0.15) is 24.7 Å². The Hall–Kier alpha value is -1.51. The Bertz CT molecular complexity index is 482. The van der Waals surface area contributed by atoms with Crippen molar-refractivity contribution < 1.29 is 28.8 Å². The van der Waals surface area contributed by atoms with Crippen molar-refractivity contribution in [3.8, 4) is 5.75 Å². The fraction of sp³-hybridized carbons (Fsp3) is 0.562. The van der Waals surface area contributed by atoms with Gasteiger partial charge in [-0.15, -0.1) is 0 Å². The second-order valence-corrected chi connectivity index (χ2v) is 4.97. The van der Waals surface area contributed by atoms with E-state index in [9.17, 15) is 4.79 Å². The summed E-state index contributed by atoms with van der Waals surface area (Å²) in [5.74, 6) is 0.640. The van der Waals surface area contributed by atoms with Gasteiger partial charge in [0, 0.05) is 30.7 Å². The van der Waals surface area contributed by atoms with Gasteiger partial charge in [-0.25, -0.2) is 9.78 Å². The standard InChI is InChI=1S/C16H23NO6/c17-4-6-22-23-16-3-5-19-7-8-20-9-10-21-15-2-1-13(12-18)11-14(15)16/h1-2,11-12,16H,3-10,17H2. The van der Waals surface area contributed by atoms with E-state index < -0.39 is 6.10 Å². The molecule has 1 aromatic carbocycles. The topological polar surface area (TPSA) is 89.2 Å². The molecule has 1 unspecified atom stereocenters. The monoisotopic (exact) mass is 325 g/mol. The van der Waals surface area contributed by atoms with Crippen molar-refractivity contribution in [3.63, 3.8) is 0 Å².